The predicted molar refractivity (Wildman–Crippen MR) is 48.9 cm³/mol. The van der Waals surface area contributed by atoms with Crippen molar-refractivity contribution in [1.82, 2.24) is 5.32 Å². The van der Waals surface area contributed by atoms with Crippen LogP contribution in [0.15, 0.2) is 0 Å². The summed E-state index contributed by atoms with van der Waals surface area (Å²) in [6.07, 6.45) is 0. The lowest BCUT2D eigenvalue weighted by atomic mass is 10.0. The normalized spacial score (nSPS) is 13.5. The number of aliphatic hydroxyl groups is 2. The number of nitrogens with two attached hydrogens (primary N) is 1. The summed E-state index contributed by atoms with van der Waals surface area (Å²) in [7, 11) is 0. The molecule has 0 aliphatic carbocycles. The van der Waals surface area contributed by atoms with Gasteiger partial charge in [-0.3, -0.25) is 4.79 Å². The van der Waals surface area contributed by atoms with E-state index in [1.54, 1.807) is 0 Å². The maximum Gasteiger partial charge on any atom is 0.237 e. The molecule has 78 valence electrons. The second-order valence-electron chi connectivity index (χ2n) is 3.34. The highest BCUT2D eigenvalue weighted by atomic mass is 16.3. The summed E-state index contributed by atoms with van der Waals surface area (Å²) >= 11 is 0. The first-order chi connectivity index (χ1) is 6.02. The zero-order valence-electron chi connectivity index (χ0n) is 8.03. The first-order valence-corrected chi connectivity index (χ1v) is 4.30. The van der Waals surface area contributed by atoms with Crippen LogP contribution in [-0.2, 0) is 4.79 Å². The number of amides is 1. The molecule has 5 heteroatoms. The van der Waals surface area contributed by atoms with E-state index in [-0.39, 0.29) is 25.0 Å². The van der Waals surface area contributed by atoms with Gasteiger partial charge >= 0.3 is 0 Å². The minimum Gasteiger partial charge on any atom is -0.394 e. The van der Waals surface area contributed by atoms with Gasteiger partial charge in [0.05, 0.1) is 25.3 Å². The molecule has 13 heavy (non-hydrogen) atoms. The summed E-state index contributed by atoms with van der Waals surface area (Å²) < 4.78 is 0. The van der Waals surface area contributed by atoms with Crippen LogP contribution in [0.4, 0.5) is 0 Å². The second kappa shape index (κ2) is 5.90. The van der Waals surface area contributed by atoms with Crippen molar-refractivity contribution >= 4 is 5.91 Å². The van der Waals surface area contributed by atoms with Crippen LogP contribution in [0, 0.1) is 5.92 Å². The number of carbonyl (C=O) groups excluding carboxylic acids is 1. The molecule has 0 bridgehead atoms. The fraction of sp³-hybridized carbons (Fsp3) is 0.875. The van der Waals surface area contributed by atoms with E-state index in [2.05, 4.69) is 5.32 Å². The molecule has 0 saturated carbocycles. The molecule has 0 aliphatic heterocycles. The van der Waals surface area contributed by atoms with Crippen molar-refractivity contribution < 1.29 is 15.0 Å². The number of rotatable bonds is 5. The monoisotopic (exact) mass is 190 g/mol. The molecule has 0 aromatic carbocycles. The molecule has 0 rings (SSSR count). The van der Waals surface area contributed by atoms with Crippen LogP contribution in [0.2, 0.25) is 0 Å². The molecular formula is C8H18N2O3. The second-order valence-corrected chi connectivity index (χ2v) is 3.34. The van der Waals surface area contributed by atoms with Gasteiger partial charge in [0.25, 0.3) is 0 Å². The lowest BCUT2D eigenvalue weighted by molar-refractivity contribution is -0.124. The third kappa shape index (κ3) is 4.21. The zero-order valence-corrected chi connectivity index (χ0v) is 8.03. The Balaban J connectivity index is 3.98. The number of hydrogen-bond acceptors (Lipinski definition) is 4. The number of carbonyl (C=O) groups is 1. The van der Waals surface area contributed by atoms with Crippen LogP contribution in [-0.4, -0.2) is 41.4 Å². The Morgan fingerprint density at radius 3 is 2.15 bits per heavy atom. The molecule has 0 aromatic rings. The Bertz CT molecular complexity index is 157. The molecular weight excluding hydrogens is 172 g/mol. The fourth-order valence-corrected chi connectivity index (χ4v) is 0.749. The Morgan fingerprint density at radius 2 is 1.85 bits per heavy atom. The van der Waals surface area contributed by atoms with Crippen LogP contribution in [0.3, 0.4) is 0 Å². The van der Waals surface area contributed by atoms with E-state index >= 15 is 0 Å². The van der Waals surface area contributed by atoms with Gasteiger partial charge in [-0.05, 0) is 5.92 Å². The highest BCUT2D eigenvalue weighted by Crippen LogP contribution is 1.98. The Morgan fingerprint density at radius 1 is 1.38 bits per heavy atom. The molecule has 0 radical (unpaired) electrons. The van der Waals surface area contributed by atoms with Gasteiger partial charge in [0.2, 0.25) is 5.91 Å². The summed E-state index contributed by atoms with van der Waals surface area (Å²) in [5, 5.41) is 19.8. The molecule has 1 amide bonds. The van der Waals surface area contributed by atoms with Gasteiger partial charge in [-0.25, -0.2) is 0 Å². The van der Waals surface area contributed by atoms with Crippen LogP contribution < -0.4 is 11.1 Å². The molecule has 0 fully saturated rings. The van der Waals surface area contributed by atoms with Crippen LogP contribution in [0.1, 0.15) is 13.8 Å². The third-order valence-electron chi connectivity index (χ3n) is 1.81. The smallest absolute Gasteiger partial charge is 0.237 e. The Labute approximate surface area is 77.9 Å². The molecule has 5 N–H and O–H groups in total. The molecule has 0 unspecified atom stereocenters. The van der Waals surface area contributed by atoms with E-state index in [1.165, 1.54) is 0 Å². The summed E-state index contributed by atoms with van der Waals surface area (Å²) in [5.41, 5.74) is 5.54. The first-order valence-electron chi connectivity index (χ1n) is 4.30. The van der Waals surface area contributed by atoms with Gasteiger partial charge in [0.1, 0.15) is 0 Å². The van der Waals surface area contributed by atoms with E-state index < -0.39 is 12.1 Å². The van der Waals surface area contributed by atoms with Gasteiger partial charge in [-0.2, -0.15) is 0 Å². The maximum atomic E-state index is 11.3. The van der Waals surface area contributed by atoms with Crippen molar-refractivity contribution in [3.05, 3.63) is 0 Å². The van der Waals surface area contributed by atoms with Gasteiger partial charge in [0, 0.05) is 0 Å². The van der Waals surface area contributed by atoms with Crippen molar-refractivity contribution in [3.63, 3.8) is 0 Å². The van der Waals surface area contributed by atoms with E-state index in [1.807, 2.05) is 13.8 Å². The average Bonchev–Trinajstić information content (AvgIpc) is 2.12. The van der Waals surface area contributed by atoms with Gasteiger partial charge in [0.15, 0.2) is 0 Å². The van der Waals surface area contributed by atoms with Crippen molar-refractivity contribution in [2.75, 3.05) is 13.2 Å². The summed E-state index contributed by atoms with van der Waals surface area (Å²) in [6, 6.07) is -1.21. The van der Waals surface area contributed by atoms with Gasteiger partial charge in [-0.15, -0.1) is 0 Å². The third-order valence-corrected chi connectivity index (χ3v) is 1.81. The highest BCUT2D eigenvalue weighted by Gasteiger charge is 2.19. The SMILES string of the molecule is CC(C)[C@@H](N)C(=O)NC(CO)CO. The van der Waals surface area contributed by atoms with Crippen LogP contribution >= 0.6 is 0 Å². The summed E-state index contributed by atoms with van der Waals surface area (Å²) in [6.45, 7) is 3.09. The van der Waals surface area contributed by atoms with E-state index in [0.29, 0.717) is 0 Å². The predicted octanol–water partition coefficient (Wildman–Crippen LogP) is -1.56. The molecule has 0 aliphatic rings. The zero-order chi connectivity index (χ0) is 10.4. The molecule has 0 heterocycles. The van der Waals surface area contributed by atoms with Crippen molar-refractivity contribution in [2.45, 2.75) is 25.9 Å². The largest absolute Gasteiger partial charge is 0.394 e. The highest BCUT2D eigenvalue weighted by molar-refractivity contribution is 5.82. The standard InChI is InChI=1S/C8H18N2O3/c1-5(2)7(9)8(13)10-6(3-11)4-12/h5-7,11-12H,3-4,9H2,1-2H3,(H,10,13)/t7-/m1/s1. The maximum absolute atomic E-state index is 11.3. The Hall–Kier alpha value is -0.650. The average molecular weight is 190 g/mol. The van der Waals surface area contributed by atoms with Crippen molar-refractivity contribution in [3.8, 4) is 0 Å². The fourth-order valence-electron chi connectivity index (χ4n) is 0.749. The van der Waals surface area contributed by atoms with Gasteiger partial charge in [-0.1, -0.05) is 13.8 Å². The molecule has 1 atom stereocenters. The Kier molecular flexibility index (Phi) is 5.61. The lowest BCUT2D eigenvalue weighted by Gasteiger charge is -2.19. The summed E-state index contributed by atoms with van der Waals surface area (Å²) in [4.78, 5) is 11.3. The van der Waals surface area contributed by atoms with Crippen molar-refractivity contribution in [1.29, 1.82) is 0 Å². The molecule has 0 spiro atoms. The lowest BCUT2D eigenvalue weighted by Crippen LogP contribution is -2.50. The van der Waals surface area contributed by atoms with Crippen LogP contribution in [0.5, 0.6) is 0 Å². The number of hydrogen-bond donors (Lipinski definition) is 4. The number of aliphatic hydroxyl groups excluding tert-OH is 2. The summed E-state index contributed by atoms with van der Waals surface area (Å²) in [5.74, 6) is -0.305. The first kappa shape index (κ1) is 12.3. The quantitative estimate of drug-likeness (QED) is 0.421. The molecule has 5 nitrogen and oxygen atoms in total. The van der Waals surface area contributed by atoms with E-state index in [0.717, 1.165) is 0 Å². The molecule has 0 aromatic heterocycles. The topological polar surface area (TPSA) is 95.6 Å². The van der Waals surface area contributed by atoms with Crippen LogP contribution in [0.25, 0.3) is 0 Å². The van der Waals surface area contributed by atoms with Gasteiger partial charge < -0.3 is 21.3 Å². The van der Waals surface area contributed by atoms with E-state index in [4.69, 9.17) is 15.9 Å². The minimum absolute atomic E-state index is 0.0398. The number of nitrogens with one attached hydrogen (secondary N) is 1. The van der Waals surface area contributed by atoms with E-state index in [9.17, 15) is 4.79 Å². The minimum atomic E-state index is -0.614. The molecule has 0 saturated heterocycles. The van der Waals surface area contributed by atoms with Crippen molar-refractivity contribution in [2.24, 2.45) is 11.7 Å².